The Balaban J connectivity index is 2.35. The molecule has 2 amide bonds. The van der Waals surface area contributed by atoms with Gasteiger partial charge in [-0.3, -0.25) is 5.32 Å². The van der Waals surface area contributed by atoms with Crippen LogP contribution in [0.15, 0.2) is 65.7 Å². The quantitative estimate of drug-likeness (QED) is 0.627. The Labute approximate surface area is 112 Å². The Morgan fingerprint density at radius 2 is 1.53 bits per heavy atom. The van der Waals surface area contributed by atoms with Gasteiger partial charge in [-0.25, -0.2) is 9.79 Å². The second-order valence-corrected chi connectivity index (χ2v) is 3.87. The van der Waals surface area contributed by atoms with Crippen molar-refractivity contribution in [1.29, 1.82) is 0 Å². The summed E-state index contributed by atoms with van der Waals surface area (Å²) in [6.07, 6.45) is 0. The Kier molecular flexibility index (Phi) is 4.29. The predicted molar refractivity (Wildman–Crippen MR) is 76.7 cm³/mol. The lowest BCUT2D eigenvalue weighted by Gasteiger charge is -2.08. The SMILES string of the molecule is CNC(=O)NC(=Nc1ccccc1)c1ccccc1. The molecule has 2 aromatic carbocycles. The van der Waals surface area contributed by atoms with Gasteiger partial charge in [-0.1, -0.05) is 48.5 Å². The van der Waals surface area contributed by atoms with Crippen molar-refractivity contribution in [2.24, 2.45) is 4.99 Å². The van der Waals surface area contributed by atoms with Gasteiger partial charge in [0.1, 0.15) is 5.84 Å². The molecule has 2 N–H and O–H groups in total. The molecule has 0 atom stereocenters. The number of benzene rings is 2. The minimum atomic E-state index is -0.293. The lowest BCUT2D eigenvalue weighted by Crippen LogP contribution is -2.37. The molecule has 0 fully saturated rings. The normalized spacial score (nSPS) is 10.9. The molecule has 2 rings (SSSR count). The summed E-state index contributed by atoms with van der Waals surface area (Å²) < 4.78 is 0. The molecule has 0 saturated heterocycles. The topological polar surface area (TPSA) is 53.5 Å². The van der Waals surface area contributed by atoms with E-state index in [4.69, 9.17) is 0 Å². The Hall–Kier alpha value is -2.62. The number of hydrogen-bond acceptors (Lipinski definition) is 2. The third-order valence-corrected chi connectivity index (χ3v) is 2.50. The fourth-order valence-corrected chi connectivity index (χ4v) is 1.56. The Bertz CT molecular complexity index is 564. The fraction of sp³-hybridized carbons (Fsp3) is 0.0667. The summed E-state index contributed by atoms with van der Waals surface area (Å²) in [7, 11) is 1.57. The number of amides is 2. The van der Waals surface area contributed by atoms with E-state index in [2.05, 4.69) is 15.6 Å². The highest BCUT2D eigenvalue weighted by Crippen LogP contribution is 2.12. The summed E-state index contributed by atoms with van der Waals surface area (Å²) >= 11 is 0. The van der Waals surface area contributed by atoms with Crippen molar-refractivity contribution in [2.75, 3.05) is 7.05 Å². The highest BCUT2D eigenvalue weighted by Gasteiger charge is 2.06. The van der Waals surface area contributed by atoms with Crippen LogP contribution in [0.5, 0.6) is 0 Å². The Morgan fingerprint density at radius 1 is 0.947 bits per heavy atom. The number of hydrogen-bond donors (Lipinski definition) is 2. The van der Waals surface area contributed by atoms with E-state index >= 15 is 0 Å². The molecule has 0 aliphatic carbocycles. The molecule has 4 heteroatoms. The van der Waals surface area contributed by atoms with Crippen LogP contribution in [-0.4, -0.2) is 18.9 Å². The second kappa shape index (κ2) is 6.35. The molecular formula is C15H15N3O. The number of carbonyl (C=O) groups is 1. The first-order chi connectivity index (χ1) is 9.29. The number of urea groups is 1. The fourth-order valence-electron chi connectivity index (χ4n) is 1.56. The monoisotopic (exact) mass is 253 g/mol. The number of nitrogens with one attached hydrogen (secondary N) is 2. The molecule has 0 saturated carbocycles. The van der Waals surface area contributed by atoms with Gasteiger partial charge in [0, 0.05) is 12.6 Å². The number of carbonyl (C=O) groups excluding carboxylic acids is 1. The van der Waals surface area contributed by atoms with E-state index in [1.165, 1.54) is 0 Å². The largest absolute Gasteiger partial charge is 0.341 e. The smallest absolute Gasteiger partial charge is 0.320 e. The summed E-state index contributed by atoms with van der Waals surface area (Å²) in [6, 6.07) is 18.7. The van der Waals surface area contributed by atoms with Crippen LogP contribution in [0.1, 0.15) is 5.56 Å². The number of nitrogens with zero attached hydrogens (tertiary/aromatic N) is 1. The van der Waals surface area contributed by atoms with E-state index in [-0.39, 0.29) is 6.03 Å². The lowest BCUT2D eigenvalue weighted by molar-refractivity contribution is 0.247. The minimum absolute atomic E-state index is 0.293. The number of amidine groups is 1. The van der Waals surface area contributed by atoms with Crippen LogP contribution in [0.25, 0.3) is 0 Å². The van der Waals surface area contributed by atoms with Crippen molar-refractivity contribution in [1.82, 2.24) is 10.6 Å². The van der Waals surface area contributed by atoms with Crippen LogP contribution >= 0.6 is 0 Å². The Morgan fingerprint density at radius 3 is 2.11 bits per heavy atom. The van der Waals surface area contributed by atoms with Gasteiger partial charge in [0.05, 0.1) is 5.69 Å². The summed E-state index contributed by atoms with van der Waals surface area (Å²) in [6.45, 7) is 0. The molecule has 0 spiro atoms. The first-order valence-corrected chi connectivity index (χ1v) is 5.97. The number of para-hydroxylation sites is 1. The highest BCUT2D eigenvalue weighted by atomic mass is 16.2. The van der Waals surface area contributed by atoms with E-state index < -0.39 is 0 Å². The van der Waals surface area contributed by atoms with Gasteiger partial charge in [-0.15, -0.1) is 0 Å². The zero-order valence-electron chi connectivity index (χ0n) is 10.6. The zero-order chi connectivity index (χ0) is 13.5. The van der Waals surface area contributed by atoms with Crippen LogP contribution in [0.3, 0.4) is 0 Å². The molecule has 96 valence electrons. The third kappa shape index (κ3) is 3.67. The summed E-state index contributed by atoms with van der Waals surface area (Å²) in [5, 5.41) is 5.25. The molecule has 0 unspecified atom stereocenters. The lowest BCUT2D eigenvalue weighted by atomic mass is 10.2. The van der Waals surface area contributed by atoms with Crippen molar-refractivity contribution in [3.63, 3.8) is 0 Å². The minimum Gasteiger partial charge on any atom is -0.341 e. The van der Waals surface area contributed by atoms with Crippen LogP contribution < -0.4 is 10.6 Å². The molecule has 4 nitrogen and oxygen atoms in total. The number of aliphatic imine (C=N–C) groups is 1. The van der Waals surface area contributed by atoms with Gasteiger partial charge < -0.3 is 5.32 Å². The summed E-state index contributed by atoms with van der Waals surface area (Å²) in [4.78, 5) is 15.9. The van der Waals surface area contributed by atoms with E-state index in [0.717, 1.165) is 11.3 Å². The van der Waals surface area contributed by atoms with Crippen molar-refractivity contribution in [2.45, 2.75) is 0 Å². The molecule has 0 heterocycles. The molecule has 2 aromatic rings. The van der Waals surface area contributed by atoms with Gasteiger partial charge in [0.2, 0.25) is 0 Å². The molecule has 0 aromatic heterocycles. The first kappa shape index (κ1) is 12.8. The van der Waals surface area contributed by atoms with Crippen LogP contribution in [0.4, 0.5) is 10.5 Å². The summed E-state index contributed by atoms with van der Waals surface area (Å²) in [5.41, 5.74) is 1.65. The van der Waals surface area contributed by atoms with Gasteiger partial charge in [0.25, 0.3) is 0 Å². The van der Waals surface area contributed by atoms with Gasteiger partial charge >= 0.3 is 6.03 Å². The summed E-state index contributed by atoms with van der Waals surface area (Å²) in [5.74, 6) is 0.520. The second-order valence-electron chi connectivity index (χ2n) is 3.87. The maximum atomic E-state index is 11.5. The molecule has 0 bridgehead atoms. The zero-order valence-corrected chi connectivity index (χ0v) is 10.6. The van der Waals surface area contributed by atoms with Gasteiger partial charge in [-0.05, 0) is 12.1 Å². The molecule has 0 radical (unpaired) electrons. The highest BCUT2D eigenvalue weighted by molar-refractivity contribution is 6.08. The van der Waals surface area contributed by atoms with Crippen LogP contribution in [0, 0.1) is 0 Å². The van der Waals surface area contributed by atoms with Gasteiger partial charge in [-0.2, -0.15) is 0 Å². The average molecular weight is 253 g/mol. The van der Waals surface area contributed by atoms with E-state index in [9.17, 15) is 4.79 Å². The van der Waals surface area contributed by atoms with Crippen molar-refractivity contribution < 1.29 is 4.79 Å². The number of rotatable bonds is 2. The molecular weight excluding hydrogens is 238 g/mol. The molecule has 19 heavy (non-hydrogen) atoms. The molecule has 0 aliphatic rings. The predicted octanol–water partition coefficient (Wildman–Crippen LogP) is 2.69. The maximum absolute atomic E-state index is 11.5. The third-order valence-electron chi connectivity index (χ3n) is 2.50. The van der Waals surface area contributed by atoms with E-state index in [1.807, 2.05) is 60.7 Å². The van der Waals surface area contributed by atoms with E-state index in [1.54, 1.807) is 7.05 Å². The van der Waals surface area contributed by atoms with Crippen molar-refractivity contribution >= 4 is 17.6 Å². The maximum Gasteiger partial charge on any atom is 0.320 e. The molecule has 0 aliphatic heterocycles. The standard InChI is InChI=1S/C15H15N3O/c1-16-15(19)18-14(12-8-4-2-5-9-12)17-13-10-6-3-7-11-13/h2-11H,1H3,(H2,16,17,18,19). The first-order valence-electron chi connectivity index (χ1n) is 5.97. The van der Waals surface area contributed by atoms with E-state index in [0.29, 0.717) is 5.84 Å². The van der Waals surface area contributed by atoms with Crippen LogP contribution in [-0.2, 0) is 0 Å². The van der Waals surface area contributed by atoms with Crippen molar-refractivity contribution in [3.05, 3.63) is 66.2 Å². The van der Waals surface area contributed by atoms with Crippen molar-refractivity contribution in [3.8, 4) is 0 Å². The average Bonchev–Trinajstić information content (AvgIpc) is 2.48. The van der Waals surface area contributed by atoms with Crippen LogP contribution in [0.2, 0.25) is 0 Å². The van der Waals surface area contributed by atoms with Gasteiger partial charge in [0.15, 0.2) is 0 Å².